The highest BCUT2D eigenvalue weighted by atomic mass is 32.2. The van der Waals surface area contributed by atoms with Gasteiger partial charge in [0.1, 0.15) is 0 Å². The molecule has 6 nitrogen and oxygen atoms in total. The third-order valence-electron chi connectivity index (χ3n) is 4.40. The first-order valence-electron chi connectivity index (χ1n) is 8.91. The number of sulfone groups is 1. The summed E-state index contributed by atoms with van der Waals surface area (Å²) in [6.45, 7) is 3.75. The Hall–Kier alpha value is -2.32. The summed E-state index contributed by atoms with van der Waals surface area (Å²) in [5.41, 5.74) is 2.15. The topological polar surface area (TPSA) is 92.3 Å². The largest absolute Gasteiger partial charge is 0.326 e. The van der Waals surface area contributed by atoms with Crippen LogP contribution in [0, 0.1) is 12.8 Å². The molecule has 3 rings (SSSR count). The summed E-state index contributed by atoms with van der Waals surface area (Å²) in [5.74, 6) is -0.298. The Kier molecular flexibility index (Phi) is 6.10. The summed E-state index contributed by atoms with van der Waals surface area (Å²) < 4.78 is 25.3. The highest BCUT2D eigenvalue weighted by molar-refractivity contribution is 7.99. The number of amides is 2. The van der Waals surface area contributed by atoms with Gasteiger partial charge in [-0.3, -0.25) is 9.59 Å². The van der Waals surface area contributed by atoms with Crippen molar-refractivity contribution in [2.24, 2.45) is 5.92 Å². The van der Waals surface area contributed by atoms with E-state index >= 15 is 0 Å². The molecule has 28 heavy (non-hydrogen) atoms. The fourth-order valence-corrected chi connectivity index (χ4v) is 5.04. The van der Waals surface area contributed by atoms with Crippen LogP contribution in [0.5, 0.6) is 0 Å². The lowest BCUT2D eigenvalue weighted by Gasteiger charge is -2.10. The first kappa shape index (κ1) is 20.4. The van der Waals surface area contributed by atoms with E-state index in [9.17, 15) is 18.0 Å². The molecular formula is C20H22N2O4S2. The van der Waals surface area contributed by atoms with Gasteiger partial charge in [-0.25, -0.2) is 8.42 Å². The summed E-state index contributed by atoms with van der Waals surface area (Å²) in [4.78, 5) is 25.1. The molecule has 1 aliphatic heterocycles. The number of carbonyl (C=O) groups excluding carboxylic acids is 2. The van der Waals surface area contributed by atoms with Gasteiger partial charge in [0.25, 0.3) is 0 Å². The van der Waals surface area contributed by atoms with E-state index in [0.29, 0.717) is 17.1 Å². The Bertz CT molecular complexity index is 1020. The summed E-state index contributed by atoms with van der Waals surface area (Å²) >= 11 is 1.52. The summed E-state index contributed by atoms with van der Waals surface area (Å²) in [5, 5.41) is 5.50. The number of thioether (sulfide) groups is 1. The van der Waals surface area contributed by atoms with E-state index in [0.717, 1.165) is 10.5 Å². The molecule has 0 aliphatic carbocycles. The number of benzene rings is 2. The smallest absolute Gasteiger partial charge is 0.228 e. The lowest BCUT2D eigenvalue weighted by molar-refractivity contribution is -0.118. The zero-order valence-corrected chi connectivity index (χ0v) is 17.3. The molecule has 1 atom stereocenters. The Balaban J connectivity index is 1.68. The van der Waals surface area contributed by atoms with Crippen molar-refractivity contribution in [3.8, 4) is 0 Å². The highest BCUT2D eigenvalue weighted by Crippen LogP contribution is 2.34. The molecule has 2 aromatic rings. The summed E-state index contributed by atoms with van der Waals surface area (Å²) in [7, 11) is -3.65. The van der Waals surface area contributed by atoms with Crippen LogP contribution in [0.25, 0.3) is 0 Å². The number of rotatable bonds is 5. The second kappa shape index (κ2) is 8.36. The normalized spacial score (nSPS) is 16.6. The van der Waals surface area contributed by atoms with Crippen LogP contribution in [-0.4, -0.2) is 31.7 Å². The summed E-state index contributed by atoms with van der Waals surface area (Å²) in [6, 6.07) is 12.0. The monoisotopic (exact) mass is 418 g/mol. The van der Waals surface area contributed by atoms with Gasteiger partial charge in [0.15, 0.2) is 9.84 Å². The Morgan fingerprint density at radius 2 is 2.04 bits per heavy atom. The Labute approximate surface area is 169 Å². The van der Waals surface area contributed by atoms with Crippen molar-refractivity contribution in [3.05, 3.63) is 48.0 Å². The van der Waals surface area contributed by atoms with Crippen molar-refractivity contribution in [1.29, 1.82) is 0 Å². The van der Waals surface area contributed by atoms with Crippen molar-refractivity contribution in [3.63, 3.8) is 0 Å². The molecule has 0 saturated heterocycles. The van der Waals surface area contributed by atoms with Crippen LogP contribution in [-0.2, 0) is 19.4 Å². The minimum absolute atomic E-state index is 0.102. The van der Waals surface area contributed by atoms with Gasteiger partial charge in [-0.2, -0.15) is 0 Å². The number of anilines is 2. The second-order valence-electron chi connectivity index (χ2n) is 6.85. The van der Waals surface area contributed by atoms with Crippen molar-refractivity contribution >= 4 is 44.8 Å². The van der Waals surface area contributed by atoms with Crippen molar-refractivity contribution in [1.82, 2.24) is 0 Å². The molecule has 0 fully saturated rings. The van der Waals surface area contributed by atoms with E-state index in [1.807, 2.05) is 32.0 Å². The molecule has 2 aromatic carbocycles. The van der Waals surface area contributed by atoms with Gasteiger partial charge in [-0.1, -0.05) is 19.1 Å². The van der Waals surface area contributed by atoms with Crippen LogP contribution < -0.4 is 10.6 Å². The van der Waals surface area contributed by atoms with Gasteiger partial charge in [0, 0.05) is 28.7 Å². The van der Waals surface area contributed by atoms with Crippen molar-refractivity contribution < 1.29 is 18.0 Å². The molecule has 148 valence electrons. The first-order valence-corrected chi connectivity index (χ1v) is 11.6. The van der Waals surface area contributed by atoms with Gasteiger partial charge in [0.2, 0.25) is 11.8 Å². The van der Waals surface area contributed by atoms with E-state index in [4.69, 9.17) is 0 Å². The van der Waals surface area contributed by atoms with Gasteiger partial charge >= 0.3 is 0 Å². The van der Waals surface area contributed by atoms with Crippen LogP contribution in [0.1, 0.15) is 18.9 Å². The fourth-order valence-electron chi connectivity index (χ4n) is 2.76. The van der Waals surface area contributed by atoms with Crippen LogP contribution in [0.15, 0.2) is 52.3 Å². The van der Waals surface area contributed by atoms with Gasteiger partial charge in [-0.15, -0.1) is 11.8 Å². The molecule has 0 unspecified atom stereocenters. The number of hydrogen-bond acceptors (Lipinski definition) is 5. The molecule has 8 heteroatoms. The van der Waals surface area contributed by atoms with Gasteiger partial charge in [0.05, 0.1) is 16.3 Å². The predicted molar refractivity (Wildman–Crippen MR) is 111 cm³/mol. The van der Waals surface area contributed by atoms with Crippen molar-refractivity contribution in [2.75, 3.05) is 22.1 Å². The SMILES string of the molecule is Cc1cccc(NC(=O)CCS(=O)(=O)c2ccc3c(c2)NC(=O)[C@@H](C)CS3)c1. The number of nitrogens with one attached hydrogen (secondary N) is 2. The third kappa shape index (κ3) is 4.94. The Morgan fingerprint density at radius 1 is 1.25 bits per heavy atom. The molecule has 1 heterocycles. The van der Waals surface area contributed by atoms with E-state index in [2.05, 4.69) is 10.6 Å². The molecule has 0 spiro atoms. The quantitative estimate of drug-likeness (QED) is 0.776. The van der Waals surface area contributed by atoms with Crippen LogP contribution >= 0.6 is 11.8 Å². The van der Waals surface area contributed by atoms with Crippen LogP contribution in [0.3, 0.4) is 0 Å². The molecule has 2 amide bonds. The average molecular weight is 419 g/mol. The van der Waals surface area contributed by atoms with E-state index < -0.39 is 9.84 Å². The molecule has 0 aromatic heterocycles. The zero-order valence-electron chi connectivity index (χ0n) is 15.7. The second-order valence-corrected chi connectivity index (χ2v) is 10.0. The number of aryl methyl sites for hydroxylation is 1. The maximum Gasteiger partial charge on any atom is 0.228 e. The lowest BCUT2D eigenvalue weighted by atomic mass is 10.2. The minimum atomic E-state index is -3.65. The molecule has 0 bridgehead atoms. The molecule has 0 saturated carbocycles. The first-order chi connectivity index (χ1) is 13.2. The number of carbonyl (C=O) groups is 2. The Morgan fingerprint density at radius 3 is 2.79 bits per heavy atom. The highest BCUT2D eigenvalue weighted by Gasteiger charge is 2.23. The average Bonchev–Trinajstić information content (AvgIpc) is 2.78. The minimum Gasteiger partial charge on any atom is -0.326 e. The van der Waals surface area contributed by atoms with Crippen LogP contribution in [0.2, 0.25) is 0 Å². The number of hydrogen-bond donors (Lipinski definition) is 2. The molecule has 0 radical (unpaired) electrons. The van der Waals surface area contributed by atoms with E-state index in [1.165, 1.54) is 23.9 Å². The van der Waals surface area contributed by atoms with Crippen molar-refractivity contribution in [2.45, 2.75) is 30.1 Å². The number of fused-ring (bicyclic) bond motifs is 1. The maximum absolute atomic E-state index is 12.7. The van der Waals surface area contributed by atoms with Gasteiger partial charge < -0.3 is 10.6 Å². The van der Waals surface area contributed by atoms with Crippen LogP contribution in [0.4, 0.5) is 11.4 Å². The summed E-state index contributed by atoms with van der Waals surface area (Å²) in [6.07, 6.45) is -0.147. The van der Waals surface area contributed by atoms with Gasteiger partial charge in [-0.05, 0) is 42.8 Å². The molecular weight excluding hydrogens is 396 g/mol. The lowest BCUT2D eigenvalue weighted by Crippen LogP contribution is -2.20. The third-order valence-corrected chi connectivity index (χ3v) is 7.45. The predicted octanol–water partition coefficient (Wildman–Crippen LogP) is 3.48. The van der Waals surface area contributed by atoms with E-state index in [1.54, 1.807) is 12.1 Å². The molecule has 2 N–H and O–H groups in total. The molecule has 1 aliphatic rings. The fraction of sp³-hybridized carbons (Fsp3) is 0.300. The standard InChI is InChI=1S/C20H22N2O4S2/c1-13-4-3-5-15(10-13)21-19(23)8-9-28(25,26)16-6-7-18-17(11-16)22-20(24)14(2)12-27-18/h3-7,10-11,14H,8-9,12H2,1-2H3,(H,21,23)(H,22,24)/t14-/m0/s1. The van der Waals surface area contributed by atoms with E-state index in [-0.39, 0.29) is 34.8 Å². The zero-order chi connectivity index (χ0) is 20.3. The maximum atomic E-state index is 12.7.